The van der Waals surface area contributed by atoms with Crippen LogP contribution < -0.4 is 0 Å². The molecular formula is C15H17Br. The largest absolute Gasteiger partial charge is 0.0622 e. The quantitative estimate of drug-likeness (QED) is 0.631. The molecule has 0 nitrogen and oxygen atoms in total. The summed E-state index contributed by atoms with van der Waals surface area (Å²) in [7, 11) is 0. The zero-order valence-corrected chi connectivity index (χ0v) is 11.6. The van der Waals surface area contributed by atoms with Gasteiger partial charge in [0.2, 0.25) is 0 Å². The normalized spacial score (nSPS) is 9.25. The fourth-order valence-electron chi connectivity index (χ4n) is 1.62. The fourth-order valence-corrected chi connectivity index (χ4v) is 1.92. The Labute approximate surface area is 106 Å². The Morgan fingerprint density at radius 1 is 0.688 bits per heavy atom. The van der Waals surface area contributed by atoms with Gasteiger partial charge in [0, 0.05) is 4.47 Å². The molecule has 0 saturated carbocycles. The maximum Gasteiger partial charge on any atom is 0.0175 e. The van der Waals surface area contributed by atoms with Crippen molar-refractivity contribution in [2.24, 2.45) is 0 Å². The van der Waals surface area contributed by atoms with Gasteiger partial charge in [-0.1, -0.05) is 69.0 Å². The molecule has 2 aromatic rings. The van der Waals surface area contributed by atoms with Gasteiger partial charge in [-0.15, -0.1) is 0 Å². The number of benzene rings is 2. The third kappa shape index (κ3) is 5.13. The van der Waals surface area contributed by atoms with Crippen LogP contribution in [0.1, 0.15) is 16.7 Å². The molecule has 0 atom stereocenters. The Bertz CT molecular complexity index is 382. The molecule has 0 bridgehead atoms. The molecule has 1 heteroatoms. The Balaban J connectivity index is 0.000000165. The average Bonchev–Trinajstić information content (AvgIpc) is 2.17. The minimum Gasteiger partial charge on any atom is -0.0622 e. The van der Waals surface area contributed by atoms with E-state index in [-0.39, 0.29) is 0 Å². The molecule has 0 heterocycles. The summed E-state index contributed by atoms with van der Waals surface area (Å²) in [5.74, 6) is 0. The monoisotopic (exact) mass is 276 g/mol. The van der Waals surface area contributed by atoms with E-state index in [0.29, 0.717) is 0 Å². The van der Waals surface area contributed by atoms with Crippen LogP contribution in [0.4, 0.5) is 0 Å². The highest BCUT2D eigenvalue weighted by molar-refractivity contribution is 9.10. The number of rotatable bonds is 0. The molecule has 0 aliphatic carbocycles. The molecular weight excluding hydrogens is 260 g/mol. The minimum absolute atomic E-state index is 1.13. The predicted octanol–water partition coefficient (Wildman–Crippen LogP) is 5.06. The van der Waals surface area contributed by atoms with E-state index >= 15 is 0 Å². The van der Waals surface area contributed by atoms with Crippen molar-refractivity contribution >= 4 is 15.9 Å². The Morgan fingerprint density at radius 3 is 1.31 bits per heavy atom. The second-order valence-corrected chi connectivity index (χ2v) is 4.88. The topological polar surface area (TPSA) is 0 Å². The van der Waals surface area contributed by atoms with Crippen molar-refractivity contribution in [3.8, 4) is 0 Å². The van der Waals surface area contributed by atoms with Crippen molar-refractivity contribution < 1.29 is 0 Å². The lowest BCUT2D eigenvalue weighted by molar-refractivity contribution is 1.32. The van der Waals surface area contributed by atoms with Gasteiger partial charge in [-0.2, -0.15) is 0 Å². The van der Waals surface area contributed by atoms with Crippen LogP contribution in [-0.2, 0) is 0 Å². The van der Waals surface area contributed by atoms with Crippen molar-refractivity contribution in [3.63, 3.8) is 0 Å². The molecule has 0 spiro atoms. The van der Waals surface area contributed by atoms with Crippen LogP contribution in [0.5, 0.6) is 0 Å². The summed E-state index contributed by atoms with van der Waals surface area (Å²) in [6.07, 6.45) is 0. The third-order valence-electron chi connectivity index (χ3n) is 2.10. The number of hydrogen-bond donors (Lipinski definition) is 0. The number of hydrogen-bond acceptors (Lipinski definition) is 0. The molecule has 2 rings (SSSR count). The van der Waals surface area contributed by atoms with E-state index in [1.165, 1.54) is 16.7 Å². The number of halogens is 1. The summed E-state index contributed by atoms with van der Waals surface area (Å²) in [6.45, 7) is 6.38. The van der Waals surface area contributed by atoms with Gasteiger partial charge in [0.15, 0.2) is 0 Å². The molecule has 0 amide bonds. The molecule has 0 aliphatic rings. The van der Waals surface area contributed by atoms with Crippen molar-refractivity contribution in [1.82, 2.24) is 0 Å². The van der Waals surface area contributed by atoms with Crippen LogP contribution in [0, 0.1) is 20.8 Å². The van der Waals surface area contributed by atoms with Crippen LogP contribution >= 0.6 is 15.9 Å². The van der Waals surface area contributed by atoms with Crippen LogP contribution in [0.25, 0.3) is 0 Å². The van der Waals surface area contributed by atoms with Gasteiger partial charge < -0.3 is 0 Å². The molecule has 16 heavy (non-hydrogen) atoms. The van der Waals surface area contributed by atoms with Crippen molar-refractivity contribution in [2.75, 3.05) is 0 Å². The maximum absolute atomic E-state index is 3.31. The molecule has 84 valence electrons. The van der Waals surface area contributed by atoms with E-state index in [2.05, 4.69) is 54.9 Å². The molecule has 0 saturated heterocycles. The fraction of sp³-hybridized carbons (Fsp3) is 0.200. The second kappa shape index (κ2) is 6.49. The van der Waals surface area contributed by atoms with Gasteiger partial charge in [0.05, 0.1) is 0 Å². The van der Waals surface area contributed by atoms with Crippen LogP contribution in [0.2, 0.25) is 0 Å². The first kappa shape index (κ1) is 13.0. The van der Waals surface area contributed by atoms with E-state index in [4.69, 9.17) is 0 Å². The van der Waals surface area contributed by atoms with Crippen molar-refractivity contribution in [1.29, 1.82) is 0 Å². The zero-order valence-electron chi connectivity index (χ0n) is 10.00. The average molecular weight is 277 g/mol. The van der Waals surface area contributed by atoms with Crippen LogP contribution in [0.15, 0.2) is 53.0 Å². The van der Waals surface area contributed by atoms with Crippen LogP contribution in [-0.4, -0.2) is 0 Å². The Morgan fingerprint density at radius 2 is 1.06 bits per heavy atom. The van der Waals surface area contributed by atoms with Crippen LogP contribution in [0.3, 0.4) is 0 Å². The summed E-state index contributed by atoms with van der Waals surface area (Å²) < 4.78 is 1.13. The first-order valence-electron chi connectivity index (χ1n) is 5.33. The van der Waals surface area contributed by atoms with Gasteiger partial charge in [-0.25, -0.2) is 0 Å². The highest BCUT2D eigenvalue weighted by atomic mass is 79.9. The standard InChI is InChI=1S/C9H12.C6H5Br/c1-7-4-8(2)6-9(3)5-7;7-6-4-2-1-3-5-6/h4-6H,1-3H3;1-5H. The van der Waals surface area contributed by atoms with Gasteiger partial charge >= 0.3 is 0 Å². The summed E-state index contributed by atoms with van der Waals surface area (Å²) in [6, 6.07) is 16.5. The Kier molecular flexibility index (Phi) is 5.27. The lowest BCUT2D eigenvalue weighted by Gasteiger charge is -1.96. The summed E-state index contributed by atoms with van der Waals surface area (Å²) >= 11 is 3.31. The maximum atomic E-state index is 3.31. The molecule has 0 unspecified atom stereocenters. The van der Waals surface area contributed by atoms with E-state index in [0.717, 1.165) is 4.47 Å². The van der Waals surface area contributed by atoms with Crippen molar-refractivity contribution in [3.05, 3.63) is 69.7 Å². The van der Waals surface area contributed by atoms with E-state index in [9.17, 15) is 0 Å². The van der Waals surface area contributed by atoms with Crippen molar-refractivity contribution in [2.45, 2.75) is 20.8 Å². The lowest BCUT2D eigenvalue weighted by atomic mass is 10.1. The summed E-state index contributed by atoms with van der Waals surface area (Å²) in [5.41, 5.74) is 4.06. The minimum atomic E-state index is 1.13. The molecule has 2 aromatic carbocycles. The highest BCUT2D eigenvalue weighted by Gasteiger charge is 1.87. The molecule has 0 aliphatic heterocycles. The van der Waals surface area contributed by atoms with Gasteiger partial charge in [0.25, 0.3) is 0 Å². The first-order valence-corrected chi connectivity index (χ1v) is 6.12. The molecule has 0 radical (unpaired) electrons. The molecule has 0 N–H and O–H groups in total. The smallest absolute Gasteiger partial charge is 0.0175 e. The van der Waals surface area contributed by atoms with Gasteiger partial charge in [-0.3, -0.25) is 0 Å². The van der Waals surface area contributed by atoms with E-state index in [1.54, 1.807) is 0 Å². The highest BCUT2D eigenvalue weighted by Crippen LogP contribution is 2.06. The molecule has 0 fully saturated rings. The van der Waals surface area contributed by atoms with Gasteiger partial charge in [-0.05, 0) is 32.9 Å². The van der Waals surface area contributed by atoms with Gasteiger partial charge in [0.1, 0.15) is 0 Å². The predicted molar refractivity (Wildman–Crippen MR) is 74.8 cm³/mol. The van der Waals surface area contributed by atoms with E-state index in [1.807, 2.05) is 30.3 Å². The Hall–Kier alpha value is -1.08. The summed E-state index contributed by atoms with van der Waals surface area (Å²) in [4.78, 5) is 0. The SMILES string of the molecule is Brc1ccccc1.Cc1cc(C)cc(C)c1. The number of aryl methyl sites for hydroxylation is 3. The van der Waals surface area contributed by atoms with E-state index < -0.39 is 0 Å². The molecule has 0 aromatic heterocycles. The third-order valence-corrected chi connectivity index (χ3v) is 2.63. The zero-order chi connectivity index (χ0) is 12.0. The lowest BCUT2D eigenvalue weighted by Crippen LogP contribution is -1.78. The first-order chi connectivity index (χ1) is 7.58. The second-order valence-electron chi connectivity index (χ2n) is 3.96. The summed E-state index contributed by atoms with van der Waals surface area (Å²) in [5, 5.41) is 0.